The molecule has 3 heteroatoms. The maximum atomic E-state index is 12.4. The van der Waals surface area contributed by atoms with E-state index in [4.69, 9.17) is 4.42 Å². The van der Waals surface area contributed by atoms with Crippen molar-refractivity contribution in [1.29, 1.82) is 0 Å². The number of furan rings is 1. The first-order valence-corrected chi connectivity index (χ1v) is 8.24. The van der Waals surface area contributed by atoms with E-state index in [-0.39, 0.29) is 17.4 Å². The Labute approximate surface area is 142 Å². The van der Waals surface area contributed by atoms with Crippen molar-refractivity contribution in [3.63, 3.8) is 0 Å². The monoisotopic (exact) mass is 321 g/mol. The SMILES string of the molecule is C[C@H](NC(=O)c1cc2ccccc2o1)c1ccc(C(C)(C)C)cc1. The Morgan fingerprint density at radius 3 is 2.33 bits per heavy atom. The van der Waals surface area contributed by atoms with Crippen LogP contribution < -0.4 is 5.32 Å². The molecule has 0 bridgehead atoms. The summed E-state index contributed by atoms with van der Waals surface area (Å²) >= 11 is 0. The predicted molar refractivity (Wildman–Crippen MR) is 97.2 cm³/mol. The molecule has 1 atom stereocenters. The van der Waals surface area contributed by atoms with Crippen LogP contribution in [0.3, 0.4) is 0 Å². The Kier molecular flexibility index (Phi) is 4.18. The predicted octanol–water partition coefficient (Wildman–Crippen LogP) is 5.22. The van der Waals surface area contributed by atoms with Crippen LogP contribution in [0, 0.1) is 0 Å². The molecule has 124 valence electrons. The second-order valence-electron chi connectivity index (χ2n) is 7.22. The van der Waals surface area contributed by atoms with Crippen LogP contribution in [0.4, 0.5) is 0 Å². The van der Waals surface area contributed by atoms with Crippen molar-refractivity contribution in [2.45, 2.75) is 39.2 Å². The summed E-state index contributed by atoms with van der Waals surface area (Å²) in [7, 11) is 0. The van der Waals surface area contributed by atoms with Gasteiger partial charge in [0.05, 0.1) is 6.04 Å². The molecule has 0 radical (unpaired) electrons. The van der Waals surface area contributed by atoms with Gasteiger partial charge in [-0.25, -0.2) is 0 Å². The number of benzene rings is 2. The van der Waals surface area contributed by atoms with Crippen molar-refractivity contribution in [2.75, 3.05) is 0 Å². The molecule has 0 saturated carbocycles. The van der Waals surface area contributed by atoms with E-state index in [1.165, 1.54) is 5.56 Å². The van der Waals surface area contributed by atoms with Gasteiger partial charge in [-0.15, -0.1) is 0 Å². The summed E-state index contributed by atoms with van der Waals surface area (Å²) in [5.41, 5.74) is 3.21. The average molecular weight is 321 g/mol. The fourth-order valence-corrected chi connectivity index (χ4v) is 2.72. The molecule has 1 N–H and O–H groups in total. The van der Waals surface area contributed by atoms with Gasteiger partial charge in [0.2, 0.25) is 0 Å². The first-order valence-electron chi connectivity index (χ1n) is 8.24. The lowest BCUT2D eigenvalue weighted by Gasteiger charge is -2.20. The molecular weight excluding hydrogens is 298 g/mol. The van der Waals surface area contributed by atoms with Crippen molar-refractivity contribution in [2.24, 2.45) is 0 Å². The number of hydrogen-bond donors (Lipinski definition) is 1. The molecule has 0 aliphatic carbocycles. The molecule has 0 unspecified atom stereocenters. The van der Waals surface area contributed by atoms with Gasteiger partial charge in [0.25, 0.3) is 5.91 Å². The number of hydrogen-bond acceptors (Lipinski definition) is 2. The van der Waals surface area contributed by atoms with Crippen molar-refractivity contribution < 1.29 is 9.21 Å². The Morgan fingerprint density at radius 1 is 1.04 bits per heavy atom. The molecule has 1 aromatic heterocycles. The Bertz CT molecular complexity index is 820. The molecular formula is C21H23NO2. The smallest absolute Gasteiger partial charge is 0.287 e. The number of para-hydroxylation sites is 1. The molecule has 24 heavy (non-hydrogen) atoms. The van der Waals surface area contributed by atoms with E-state index in [0.717, 1.165) is 16.5 Å². The zero-order chi connectivity index (χ0) is 17.3. The third kappa shape index (κ3) is 3.35. The average Bonchev–Trinajstić information content (AvgIpc) is 2.98. The summed E-state index contributed by atoms with van der Waals surface area (Å²) in [4.78, 5) is 12.4. The minimum absolute atomic E-state index is 0.0836. The van der Waals surface area contributed by atoms with Crippen LogP contribution in [0.15, 0.2) is 59.0 Å². The van der Waals surface area contributed by atoms with Gasteiger partial charge < -0.3 is 9.73 Å². The molecule has 0 aliphatic heterocycles. The zero-order valence-electron chi connectivity index (χ0n) is 14.6. The van der Waals surface area contributed by atoms with E-state index >= 15 is 0 Å². The maximum Gasteiger partial charge on any atom is 0.287 e. The summed E-state index contributed by atoms with van der Waals surface area (Å²) < 4.78 is 5.62. The van der Waals surface area contributed by atoms with Crippen LogP contribution in [0.25, 0.3) is 11.0 Å². The van der Waals surface area contributed by atoms with Crippen LogP contribution in [0.2, 0.25) is 0 Å². The van der Waals surface area contributed by atoms with Crippen LogP contribution in [-0.2, 0) is 5.41 Å². The lowest BCUT2D eigenvalue weighted by Crippen LogP contribution is -2.26. The van der Waals surface area contributed by atoms with Gasteiger partial charge in [0.15, 0.2) is 5.76 Å². The standard InChI is InChI=1S/C21H23NO2/c1-14(15-9-11-17(12-10-15)21(2,3)4)22-20(23)19-13-16-7-5-6-8-18(16)24-19/h5-14H,1-4H3,(H,22,23)/t14-/m0/s1. The van der Waals surface area contributed by atoms with Crippen molar-refractivity contribution in [3.05, 3.63) is 71.5 Å². The van der Waals surface area contributed by atoms with E-state index < -0.39 is 0 Å². The minimum Gasteiger partial charge on any atom is -0.451 e. The zero-order valence-corrected chi connectivity index (χ0v) is 14.6. The molecule has 3 nitrogen and oxygen atoms in total. The second-order valence-corrected chi connectivity index (χ2v) is 7.22. The first kappa shape index (κ1) is 16.3. The molecule has 3 rings (SSSR count). The fraction of sp³-hybridized carbons (Fsp3) is 0.286. The number of fused-ring (bicyclic) bond motifs is 1. The summed E-state index contributed by atoms with van der Waals surface area (Å²) in [6, 6.07) is 17.7. The van der Waals surface area contributed by atoms with Crippen LogP contribution >= 0.6 is 0 Å². The highest BCUT2D eigenvalue weighted by atomic mass is 16.3. The van der Waals surface area contributed by atoms with Crippen molar-refractivity contribution in [3.8, 4) is 0 Å². The summed E-state index contributed by atoms with van der Waals surface area (Å²) in [5, 5.41) is 3.93. The normalized spacial score (nSPS) is 13.0. The highest BCUT2D eigenvalue weighted by Crippen LogP contribution is 2.24. The number of amides is 1. The lowest BCUT2D eigenvalue weighted by atomic mass is 9.86. The highest BCUT2D eigenvalue weighted by Gasteiger charge is 2.17. The number of carbonyl (C=O) groups is 1. The summed E-state index contributed by atoms with van der Waals surface area (Å²) in [6.45, 7) is 8.55. The third-order valence-corrected chi connectivity index (χ3v) is 4.27. The highest BCUT2D eigenvalue weighted by molar-refractivity contribution is 5.96. The molecule has 2 aromatic carbocycles. The summed E-state index contributed by atoms with van der Waals surface area (Å²) in [6.07, 6.45) is 0. The van der Waals surface area contributed by atoms with Crippen LogP contribution in [0.5, 0.6) is 0 Å². The fourth-order valence-electron chi connectivity index (χ4n) is 2.72. The quantitative estimate of drug-likeness (QED) is 0.718. The van der Waals surface area contributed by atoms with E-state index in [2.05, 4.69) is 50.4 Å². The summed E-state index contributed by atoms with van der Waals surface area (Å²) in [5.74, 6) is 0.146. The van der Waals surface area contributed by atoms with Crippen LogP contribution in [0.1, 0.15) is 55.4 Å². The first-order chi connectivity index (χ1) is 11.3. The van der Waals surface area contributed by atoms with Crippen molar-refractivity contribution in [1.82, 2.24) is 5.32 Å². The molecule has 0 spiro atoms. The Balaban J connectivity index is 1.74. The molecule has 0 fully saturated rings. The number of carbonyl (C=O) groups excluding carboxylic acids is 1. The largest absolute Gasteiger partial charge is 0.451 e. The van der Waals surface area contributed by atoms with Gasteiger partial charge in [-0.1, -0.05) is 63.2 Å². The van der Waals surface area contributed by atoms with Gasteiger partial charge in [0.1, 0.15) is 5.58 Å². The molecule has 0 saturated heterocycles. The van der Waals surface area contributed by atoms with E-state index in [1.54, 1.807) is 6.07 Å². The van der Waals surface area contributed by atoms with Gasteiger partial charge in [-0.3, -0.25) is 4.79 Å². The number of nitrogens with one attached hydrogen (secondary N) is 1. The second kappa shape index (κ2) is 6.16. The van der Waals surface area contributed by atoms with Crippen molar-refractivity contribution >= 4 is 16.9 Å². The van der Waals surface area contributed by atoms with Gasteiger partial charge >= 0.3 is 0 Å². The van der Waals surface area contributed by atoms with Gasteiger partial charge in [0, 0.05) is 5.39 Å². The van der Waals surface area contributed by atoms with Crippen LogP contribution in [-0.4, -0.2) is 5.91 Å². The third-order valence-electron chi connectivity index (χ3n) is 4.27. The molecule has 1 amide bonds. The minimum atomic E-state index is -0.196. The van der Waals surface area contributed by atoms with E-state index in [0.29, 0.717) is 5.76 Å². The molecule has 3 aromatic rings. The lowest BCUT2D eigenvalue weighted by molar-refractivity contribution is 0.0914. The molecule has 0 aliphatic rings. The Morgan fingerprint density at radius 2 is 1.71 bits per heavy atom. The number of rotatable bonds is 3. The van der Waals surface area contributed by atoms with E-state index in [1.807, 2.05) is 31.2 Å². The molecule has 1 heterocycles. The maximum absolute atomic E-state index is 12.4. The van der Waals surface area contributed by atoms with Gasteiger partial charge in [-0.05, 0) is 35.6 Å². The van der Waals surface area contributed by atoms with Gasteiger partial charge in [-0.2, -0.15) is 0 Å². The Hall–Kier alpha value is -2.55. The topological polar surface area (TPSA) is 42.2 Å². The van der Waals surface area contributed by atoms with E-state index in [9.17, 15) is 4.79 Å².